The van der Waals surface area contributed by atoms with Crippen molar-refractivity contribution >= 4 is 32.8 Å². The van der Waals surface area contributed by atoms with Crippen molar-refractivity contribution in [1.29, 1.82) is 0 Å². The Morgan fingerprint density at radius 2 is 1.38 bits per heavy atom. The quantitative estimate of drug-likeness (QED) is 0.165. The van der Waals surface area contributed by atoms with Crippen LogP contribution in [0.15, 0.2) is 138 Å². The topological polar surface area (TPSA) is 51.8 Å². The Labute approximate surface area is 324 Å². The third-order valence-electron chi connectivity index (χ3n) is 9.72. The summed E-state index contributed by atoms with van der Waals surface area (Å²) in [6.07, 6.45) is 3.84. The number of furan rings is 1. The molecule has 0 atom stereocenters. The normalized spacial score (nSPS) is 11.0. The van der Waals surface area contributed by atoms with E-state index in [1.807, 2.05) is 62.6 Å². The Bertz CT molecular complexity index is 2730. The van der Waals surface area contributed by atoms with Crippen LogP contribution in [0.3, 0.4) is 0 Å². The number of pyridine rings is 3. The molecule has 0 unspecified atom stereocenters. The van der Waals surface area contributed by atoms with E-state index in [0.29, 0.717) is 5.71 Å². The van der Waals surface area contributed by atoms with Crippen molar-refractivity contribution in [2.75, 3.05) is 0 Å². The fourth-order valence-electron chi connectivity index (χ4n) is 6.84. The third-order valence-corrected chi connectivity index (χ3v) is 9.72. The number of benzene rings is 5. The summed E-state index contributed by atoms with van der Waals surface area (Å²) in [6, 6.07) is 48.6. The maximum Gasteiger partial charge on any atom is 0.216 e. The van der Waals surface area contributed by atoms with Gasteiger partial charge in [0, 0.05) is 43.6 Å². The van der Waals surface area contributed by atoms with E-state index in [1.165, 1.54) is 49.7 Å². The first-order valence-electron chi connectivity index (χ1n) is 17.5. The number of fused-ring (bicyclic) bond motifs is 4. The van der Waals surface area contributed by atoms with Crippen LogP contribution in [-0.4, -0.2) is 15.0 Å². The number of rotatable bonds is 4. The minimum atomic E-state index is 0. The minimum absolute atomic E-state index is 0. The minimum Gasteiger partial charge on any atom is -0.486 e. The van der Waals surface area contributed by atoms with E-state index in [9.17, 15) is 0 Å². The van der Waals surface area contributed by atoms with E-state index in [-0.39, 0.29) is 20.1 Å². The van der Waals surface area contributed by atoms with Crippen LogP contribution in [0.5, 0.6) is 0 Å². The number of aryl methyl sites for hydroxylation is 5. The fourth-order valence-corrected chi connectivity index (χ4v) is 6.84. The second kappa shape index (κ2) is 15.1. The van der Waals surface area contributed by atoms with Crippen molar-refractivity contribution in [3.63, 3.8) is 0 Å². The van der Waals surface area contributed by atoms with Gasteiger partial charge in [-0.3, -0.25) is 0 Å². The first-order chi connectivity index (χ1) is 25.3. The van der Waals surface area contributed by atoms with Crippen molar-refractivity contribution < 1.29 is 24.5 Å². The molecule has 0 bridgehead atoms. The zero-order chi connectivity index (χ0) is 35.8. The van der Waals surface area contributed by atoms with Gasteiger partial charge in [0.1, 0.15) is 0 Å². The van der Waals surface area contributed by atoms with Crippen molar-refractivity contribution in [3.8, 4) is 44.8 Å². The van der Waals surface area contributed by atoms with Gasteiger partial charge >= 0.3 is 0 Å². The van der Waals surface area contributed by atoms with Gasteiger partial charge in [0.2, 0.25) is 5.71 Å². The predicted octanol–water partition coefficient (Wildman–Crippen LogP) is 12.4. The van der Waals surface area contributed by atoms with Gasteiger partial charge in [-0.2, -0.15) is 0 Å². The maximum atomic E-state index is 6.19. The van der Waals surface area contributed by atoms with Crippen LogP contribution >= 0.6 is 0 Å². The molecule has 4 aromatic heterocycles. The molecular weight excluding hydrogens is 827 g/mol. The van der Waals surface area contributed by atoms with E-state index < -0.39 is 0 Å². The molecule has 1 radical (unpaired) electrons. The Morgan fingerprint density at radius 3 is 2.19 bits per heavy atom. The SMILES string of the molecule is Cc1ccc(-c2[c-]cc(C)c(-c3ccccc3)c2)nc1.Cc1ccc2c(n1)oc1c(-c3cc(-c4ccc5ccccc5c4C)c(C)cn3)[c-]ccc12.[Ir]. The van der Waals surface area contributed by atoms with Crippen LogP contribution in [0.4, 0.5) is 0 Å². The molecule has 0 fully saturated rings. The molecular formula is C48H37IrN3O-2. The standard InChI is InChI=1S/C29H21N2O.C19H16N.Ir/c1-17-16-30-27(15-26(17)22-14-12-20-7-4-5-8-21(20)19(22)3)25-10-6-9-23-24-13-11-18(2)31-29(24)32-28(23)25;1-14-8-11-19(20-13-14)17-10-9-15(2)18(12-17)16-6-4-3-5-7-16;/h4-9,11-16H,1-3H3;3-9,11-13H,1-2H3;/q2*-1;. The van der Waals surface area contributed by atoms with E-state index in [1.54, 1.807) is 0 Å². The summed E-state index contributed by atoms with van der Waals surface area (Å²) in [5, 5.41) is 4.57. The van der Waals surface area contributed by atoms with Gasteiger partial charge in [-0.15, -0.1) is 47.5 Å². The summed E-state index contributed by atoms with van der Waals surface area (Å²) >= 11 is 0. The molecule has 0 N–H and O–H groups in total. The Hall–Kier alpha value is -5.74. The molecule has 9 aromatic rings. The zero-order valence-corrected chi connectivity index (χ0v) is 32.7. The number of aromatic nitrogens is 3. The summed E-state index contributed by atoms with van der Waals surface area (Å²) in [4.78, 5) is 13.8. The Morgan fingerprint density at radius 1 is 0.585 bits per heavy atom. The van der Waals surface area contributed by atoms with Crippen molar-refractivity contribution in [2.24, 2.45) is 0 Å². The van der Waals surface area contributed by atoms with Gasteiger partial charge in [0.25, 0.3) is 0 Å². The first-order valence-corrected chi connectivity index (χ1v) is 17.5. The van der Waals surface area contributed by atoms with Gasteiger partial charge in [-0.25, -0.2) is 4.98 Å². The second-order valence-corrected chi connectivity index (χ2v) is 13.4. The van der Waals surface area contributed by atoms with Gasteiger partial charge in [-0.05, 0) is 95.4 Å². The van der Waals surface area contributed by atoms with Gasteiger partial charge in [0.15, 0.2) is 0 Å². The van der Waals surface area contributed by atoms with Crippen LogP contribution < -0.4 is 0 Å². The van der Waals surface area contributed by atoms with Crippen molar-refractivity contribution in [3.05, 3.63) is 174 Å². The fraction of sp³-hybridized carbons (Fsp3) is 0.104. The largest absolute Gasteiger partial charge is 0.486 e. The molecule has 4 nitrogen and oxygen atoms in total. The van der Waals surface area contributed by atoms with Gasteiger partial charge < -0.3 is 14.4 Å². The molecule has 0 aliphatic rings. The Balaban J connectivity index is 0.000000179. The summed E-state index contributed by atoms with van der Waals surface area (Å²) < 4.78 is 6.19. The number of hydrogen-bond acceptors (Lipinski definition) is 4. The summed E-state index contributed by atoms with van der Waals surface area (Å²) in [5.41, 5.74) is 15.7. The molecule has 53 heavy (non-hydrogen) atoms. The van der Waals surface area contributed by atoms with E-state index >= 15 is 0 Å². The third kappa shape index (κ3) is 7.06. The molecule has 5 heteroatoms. The molecule has 9 rings (SSSR count). The van der Waals surface area contributed by atoms with Crippen LogP contribution in [0.2, 0.25) is 0 Å². The molecule has 4 heterocycles. The van der Waals surface area contributed by atoms with Crippen LogP contribution in [-0.2, 0) is 20.1 Å². The molecule has 0 saturated carbocycles. The average molecular weight is 864 g/mol. The van der Waals surface area contributed by atoms with E-state index in [2.05, 4.69) is 128 Å². The number of nitrogens with zero attached hydrogens (tertiary/aromatic N) is 3. The molecule has 0 saturated heterocycles. The smallest absolute Gasteiger partial charge is 0.216 e. The van der Waals surface area contributed by atoms with Gasteiger partial charge in [0.05, 0.1) is 5.58 Å². The van der Waals surface area contributed by atoms with Crippen molar-refractivity contribution in [1.82, 2.24) is 15.0 Å². The van der Waals surface area contributed by atoms with Gasteiger partial charge in [-0.1, -0.05) is 108 Å². The summed E-state index contributed by atoms with van der Waals surface area (Å²) in [6.45, 7) is 10.4. The molecule has 0 spiro atoms. The molecule has 0 aliphatic carbocycles. The Kier molecular flexibility index (Phi) is 10.1. The van der Waals surface area contributed by atoms with Crippen LogP contribution in [0, 0.1) is 46.8 Å². The molecule has 261 valence electrons. The van der Waals surface area contributed by atoms with E-state index in [4.69, 9.17) is 9.40 Å². The monoisotopic (exact) mass is 864 g/mol. The molecule has 0 amide bonds. The number of hydrogen-bond donors (Lipinski definition) is 0. The van der Waals surface area contributed by atoms with E-state index in [0.717, 1.165) is 50.1 Å². The summed E-state index contributed by atoms with van der Waals surface area (Å²) in [7, 11) is 0. The second-order valence-electron chi connectivity index (χ2n) is 13.4. The summed E-state index contributed by atoms with van der Waals surface area (Å²) in [5.74, 6) is 0. The van der Waals surface area contributed by atoms with Crippen LogP contribution in [0.1, 0.15) is 27.9 Å². The van der Waals surface area contributed by atoms with Crippen LogP contribution in [0.25, 0.3) is 77.6 Å². The predicted molar refractivity (Wildman–Crippen MR) is 214 cm³/mol. The van der Waals surface area contributed by atoms with Crippen molar-refractivity contribution in [2.45, 2.75) is 34.6 Å². The maximum absolute atomic E-state index is 6.19. The molecule has 5 aromatic carbocycles. The first kappa shape index (κ1) is 35.7. The zero-order valence-electron chi connectivity index (χ0n) is 30.3. The average Bonchev–Trinajstić information content (AvgIpc) is 3.54. The molecule has 0 aliphatic heterocycles.